The molecule has 2 N–H and O–H groups in total. The summed E-state index contributed by atoms with van der Waals surface area (Å²) in [6.45, 7) is 0. The van der Waals surface area contributed by atoms with E-state index >= 15 is 0 Å². The molecule has 0 spiro atoms. The van der Waals surface area contributed by atoms with Crippen LogP contribution >= 0.6 is 0 Å². The average Bonchev–Trinajstić information content (AvgIpc) is 2.46. The molecule has 0 saturated heterocycles. The van der Waals surface area contributed by atoms with E-state index in [-0.39, 0.29) is 6.04 Å². The molecule has 1 atom stereocenters. The van der Waals surface area contributed by atoms with E-state index in [9.17, 15) is 0 Å². The monoisotopic (exact) mass is 271 g/mol. The van der Waals surface area contributed by atoms with Crippen molar-refractivity contribution in [2.45, 2.75) is 38.1 Å². The molecule has 0 radical (unpaired) electrons. The highest BCUT2D eigenvalue weighted by Crippen LogP contribution is 2.59. The Morgan fingerprint density at radius 3 is 2.20 bits per heavy atom. The highest BCUT2D eigenvalue weighted by atomic mass is 16.5. The Labute approximate surface area is 121 Å². The summed E-state index contributed by atoms with van der Waals surface area (Å²) in [5, 5.41) is 0. The summed E-state index contributed by atoms with van der Waals surface area (Å²) in [4.78, 5) is 0. The second-order valence-electron chi connectivity index (χ2n) is 7.28. The Balaban J connectivity index is 1.64. The second kappa shape index (κ2) is 4.77. The fraction of sp³-hybridized carbons (Fsp3) is 0.667. The third kappa shape index (κ3) is 1.88. The topological polar surface area (TPSA) is 35.2 Å². The molecule has 4 bridgehead atoms. The van der Waals surface area contributed by atoms with Crippen LogP contribution in [0.2, 0.25) is 0 Å². The number of hydrogen-bond donors (Lipinski definition) is 1. The summed E-state index contributed by atoms with van der Waals surface area (Å²) in [5.74, 6) is 5.41. The molecule has 4 aliphatic rings. The fourth-order valence-electron chi connectivity index (χ4n) is 5.70. The SMILES string of the molecule is COc1ccccc1C(N)C1C2CC3CC(C2)CC1C3. The highest BCUT2D eigenvalue weighted by molar-refractivity contribution is 5.36. The average molecular weight is 271 g/mol. The number of rotatable bonds is 3. The van der Waals surface area contributed by atoms with E-state index in [1.807, 2.05) is 12.1 Å². The van der Waals surface area contributed by atoms with Gasteiger partial charge in [-0.05, 0) is 67.8 Å². The maximum atomic E-state index is 6.72. The Morgan fingerprint density at radius 1 is 1.00 bits per heavy atom. The minimum Gasteiger partial charge on any atom is -0.496 e. The Morgan fingerprint density at radius 2 is 1.60 bits per heavy atom. The van der Waals surface area contributed by atoms with E-state index in [0.717, 1.165) is 29.4 Å². The third-order valence-corrected chi connectivity index (χ3v) is 6.21. The van der Waals surface area contributed by atoms with Crippen LogP contribution in [0.15, 0.2) is 24.3 Å². The molecule has 1 unspecified atom stereocenters. The minimum absolute atomic E-state index is 0.154. The summed E-state index contributed by atoms with van der Waals surface area (Å²) >= 11 is 0. The number of ether oxygens (including phenoxy) is 1. The van der Waals surface area contributed by atoms with E-state index in [2.05, 4.69) is 12.1 Å². The van der Waals surface area contributed by atoms with Gasteiger partial charge in [-0.3, -0.25) is 0 Å². The molecule has 4 fully saturated rings. The molecule has 0 aliphatic heterocycles. The van der Waals surface area contributed by atoms with Gasteiger partial charge in [-0.25, -0.2) is 0 Å². The van der Waals surface area contributed by atoms with E-state index in [0.29, 0.717) is 5.92 Å². The Hall–Kier alpha value is -1.02. The van der Waals surface area contributed by atoms with Gasteiger partial charge in [0.05, 0.1) is 7.11 Å². The van der Waals surface area contributed by atoms with E-state index in [1.165, 1.54) is 37.7 Å². The third-order valence-electron chi connectivity index (χ3n) is 6.21. The van der Waals surface area contributed by atoms with E-state index < -0.39 is 0 Å². The molecule has 1 aromatic rings. The maximum absolute atomic E-state index is 6.72. The largest absolute Gasteiger partial charge is 0.496 e. The van der Waals surface area contributed by atoms with Crippen molar-refractivity contribution in [2.24, 2.45) is 35.3 Å². The van der Waals surface area contributed by atoms with Crippen LogP contribution in [0.4, 0.5) is 0 Å². The predicted octanol–water partition coefficient (Wildman–Crippen LogP) is 3.77. The maximum Gasteiger partial charge on any atom is 0.123 e. The predicted molar refractivity (Wildman–Crippen MR) is 80.5 cm³/mol. The first-order valence-electron chi connectivity index (χ1n) is 8.14. The standard InChI is InChI=1S/C18H25NO/c1-20-16-5-3-2-4-15(16)18(19)17-13-7-11-6-12(9-13)10-14(17)8-11/h2-5,11-14,17-18H,6-10,19H2,1H3. The van der Waals surface area contributed by atoms with Gasteiger partial charge in [0.2, 0.25) is 0 Å². The second-order valence-corrected chi connectivity index (χ2v) is 7.28. The van der Waals surface area contributed by atoms with Gasteiger partial charge in [-0.2, -0.15) is 0 Å². The normalized spacial score (nSPS) is 39.8. The van der Waals surface area contributed by atoms with Crippen LogP contribution in [-0.4, -0.2) is 7.11 Å². The van der Waals surface area contributed by atoms with Crippen molar-refractivity contribution < 1.29 is 4.74 Å². The quantitative estimate of drug-likeness (QED) is 0.908. The van der Waals surface area contributed by atoms with Crippen molar-refractivity contribution >= 4 is 0 Å². The Kier molecular flexibility index (Phi) is 3.03. The van der Waals surface area contributed by atoms with Gasteiger partial charge < -0.3 is 10.5 Å². The molecular formula is C18H25NO. The molecule has 0 heterocycles. The lowest BCUT2D eigenvalue weighted by Crippen LogP contribution is -2.48. The molecule has 5 rings (SSSR count). The van der Waals surface area contributed by atoms with Gasteiger partial charge in [0, 0.05) is 11.6 Å². The molecule has 0 amide bonds. The van der Waals surface area contributed by atoms with Crippen LogP contribution in [0.5, 0.6) is 5.75 Å². The van der Waals surface area contributed by atoms with Gasteiger partial charge in [0.1, 0.15) is 5.75 Å². The molecule has 2 heteroatoms. The van der Waals surface area contributed by atoms with Gasteiger partial charge in [0.15, 0.2) is 0 Å². The molecule has 108 valence electrons. The number of methoxy groups -OCH3 is 1. The highest BCUT2D eigenvalue weighted by Gasteiger charge is 2.50. The van der Waals surface area contributed by atoms with Crippen molar-refractivity contribution in [2.75, 3.05) is 7.11 Å². The van der Waals surface area contributed by atoms with Crippen LogP contribution in [-0.2, 0) is 0 Å². The van der Waals surface area contributed by atoms with Crippen LogP contribution in [0.3, 0.4) is 0 Å². The lowest BCUT2D eigenvalue weighted by Gasteiger charge is -2.56. The van der Waals surface area contributed by atoms with E-state index in [4.69, 9.17) is 10.5 Å². The smallest absolute Gasteiger partial charge is 0.123 e. The molecule has 1 aromatic carbocycles. The van der Waals surface area contributed by atoms with Crippen LogP contribution in [0.1, 0.15) is 43.7 Å². The lowest BCUT2D eigenvalue weighted by molar-refractivity contribution is -0.0473. The first-order chi connectivity index (χ1) is 9.76. The summed E-state index contributed by atoms with van der Waals surface area (Å²) in [5.41, 5.74) is 7.93. The van der Waals surface area contributed by atoms with Crippen molar-refractivity contribution in [3.63, 3.8) is 0 Å². The van der Waals surface area contributed by atoms with E-state index in [1.54, 1.807) is 7.11 Å². The first-order valence-corrected chi connectivity index (χ1v) is 8.14. The molecule has 4 saturated carbocycles. The molecular weight excluding hydrogens is 246 g/mol. The van der Waals surface area contributed by atoms with Gasteiger partial charge in [-0.15, -0.1) is 0 Å². The number of benzene rings is 1. The van der Waals surface area contributed by atoms with Crippen molar-refractivity contribution in [1.82, 2.24) is 0 Å². The first kappa shape index (κ1) is 12.7. The molecule has 2 nitrogen and oxygen atoms in total. The number of hydrogen-bond acceptors (Lipinski definition) is 2. The zero-order chi connectivity index (χ0) is 13.7. The van der Waals surface area contributed by atoms with Gasteiger partial charge in [0.25, 0.3) is 0 Å². The summed E-state index contributed by atoms with van der Waals surface area (Å²) in [6.07, 6.45) is 7.23. The number of nitrogens with two attached hydrogens (primary N) is 1. The lowest BCUT2D eigenvalue weighted by atomic mass is 9.50. The van der Waals surface area contributed by atoms with Crippen molar-refractivity contribution in [3.05, 3.63) is 29.8 Å². The molecule has 4 aliphatic carbocycles. The van der Waals surface area contributed by atoms with Gasteiger partial charge in [-0.1, -0.05) is 18.2 Å². The zero-order valence-corrected chi connectivity index (χ0v) is 12.3. The van der Waals surface area contributed by atoms with Crippen molar-refractivity contribution in [1.29, 1.82) is 0 Å². The Bertz CT molecular complexity index is 470. The van der Waals surface area contributed by atoms with Crippen LogP contribution < -0.4 is 10.5 Å². The molecule has 0 aromatic heterocycles. The molecule has 20 heavy (non-hydrogen) atoms. The summed E-state index contributed by atoms with van der Waals surface area (Å²) in [6, 6.07) is 8.49. The minimum atomic E-state index is 0.154. The fourth-order valence-corrected chi connectivity index (χ4v) is 5.70. The summed E-state index contributed by atoms with van der Waals surface area (Å²) in [7, 11) is 1.75. The van der Waals surface area contributed by atoms with Crippen molar-refractivity contribution in [3.8, 4) is 5.75 Å². The van der Waals surface area contributed by atoms with Crippen LogP contribution in [0, 0.1) is 29.6 Å². The summed E-state index contributed by atoms with van der Waals surface area (Å²) < 4.78 is 5.53. The zero-order valence-electron chi connectivity index (χ0n) is 12.3. The van der Waals surface area contributed by atoms with Crippen LogP contribution in [0.25, 0.3) is 0 Å². The number of para-hydroxylation sites is 1. The van der Waals surface area contributed by atoms with Gasteiger partial charge >= 0.3 is 0 Å².